The van der Waals surface area contributed by atoms with E-state index < -0.39 is 21.8 Å². The molecule has 4 aromatic rings. The highest BCUT2D eigenvalue weighted by molar-refractivity contribution is 7.86. The molecule has 1 fully saturated rings. The van der Waals surface area contributed by atoms with Gasteiger partial charge in [0.25, 0.3) is 10.2 Å². The third-order valence-corrected chi connectivity index (χ3v) is 8.37. The number of hydrogen-bond acceptors (Lipinski definition) is 8. The van der Waals surface area contributed by atoms with Crippen LogP contribution in [0.1, 0.15) is 6.42 Å². The van der Waals surface area contributed by atoms with E-state index in [9.17, 15) is 17.9 Å². The number of anilines is 1. The molecule has 34 heavy (non-hydrogen) atoms. The fourth-order valence-electron chi connectivity index (χ4n) is 3.88. The minimum absolute atomic E-state index is 0.293. The van der Waals surface area contributed by atoms with Crippen LogP contribution in [0.4, 0.5) is 10.3 Å². The monoisotopic (exact) mass is 503 g/mol. The van der Waals surface area contributed by atoms with Crippen LogP contribution in [0.3, 0.4) is 0 Å². The number of phenols is 1. The van der Waals surface area contributed by atoms with Crippen molar-refractivity contribution in [1.29, 1.82) is 0 Å². The van der Waals surface area contributed by atoms with E-state index in [2.05, 4.69) is 20.3 Å². The minimum Gasteiger partial charge on any atom is -0.505 e. The van der Waals surface area contributed by atoms with Crippen LogP contribution in [-0.2, 0) is 10.2 Å². The quantitative estimate of drug-likeness (QED) is 0.416. The first-order valence-electron chi connectivity index (χ1n) is 10.6. The molecule has 10 nitrogen and oxygen atoms in total. The number of aromatic nitrogens is 4. The molecule has 178 valence electrons. The van der Waals surface area contributed by atoms with Crippen molar-refractivity contribution in [1.82, 2.24) is 28.0 Å². The Labute approximate surface area is 199 Å². The molecule has 0 saturated carbocycles. The Bertz CT molecular complexity index is 1450. The van der Waals surface area contributed by atoms with Crippen molar-refractivity contribution in [3.05, 3.63) is 47.9 Å². The Morgan fingerprint density at radius 1 is 1.24 bits per heavy atom. The van der Waals surface area contributed by atoms with E-state index in [-0.39, 0.29) is 0 Å². The molecule has 0 bridgehead atoms. The van der Waals surface area contributed by atoms with Crippen molar-refractivity contribution in [3.8, 4) is 28.4 Å². The number of imidazole rings is 1. The number of fused-ring (bicyclic) bond motifs is 1. The predicted octanol–water partition coefficient (Wildman–Crippen LogP) is 2.66. The smallest absolute Gasteiger partial charge is 0.281 e. The van der Waals surface area contributed by atoms with Gasteiger partial charge in [0.05, 0.1) is 11.4 Å². The molecule has 0 radical (unpaired) electrons. The van der Waals surface area contributed by atoms with Crippen LogP contribution >= 0.6 is 11.3 Å². The Hall–Kier alpha value is -3.13. The zero-order chi connectivity index (χ0) is 23.9. The minimum atomic E-state index is -3.43. The lowest BCUT2D eigenvalue weighted by Gasteiger charge is -2.32. The van der Waals surface area contributed by atoms with Gasteiger partial charge >= 0.3 is 0 Å². The summed E-state index contributed by atoms with van der Waals surface area (Å²) in [6, 6.07) is 5.83. The van der Waals surface area contributed by atoms with Crippen molar-refractivity contribution in [2.75, 3.05) is 38.5 Å². The van der Waals surface area contributed by atoms with Crippen LogP contribution in [0.25, 0.3) is 27.6 Å². The molecule has 0 atom stereocenters. The summed E-state index contributed by atoms with van der Waals surface area (Å²) < 4.78 is 43.1. The molecule has 4 heterocycles. The van der Waals surface area contributed by atoms with E-state index in [4.69, 9.17) is 0 Å². The van der Waals surface area contributed by atoms with Crippen molar-refractivity contribution in [2.24, 2.45) is 0 Å². The number of hydrogen-bond donors (Lipinski definition) is 2. The van der Waals surface area contributed by atoms with Gasteiger partial charge in [-0.2, -0.15) is 17.0 Å². The van der Waals surface area contributed by atoms with Crippen molar-refractivity contribution < 1.29 is 17.9 Å². The second kappa shape index (κ2) is 8.91. The predicted molar refractivity (Wildman–Crippen MR) is 127 cm³/mol. The van der Waals surface area contributed by atoms with Gasteiger partial charge < -0.3 is 10.4 Å². The highest BCUT2D eigenvalue weighted by atomic mass is 32.2. The maximum absolute atomic E-state index is 13.6. The lowest BCUT2D eigenvalue weighted by Crippen LogP contribution is -2.49. The van der Waals surface area contributed by atoms with Crippen molar-refractivity contribution in [3.63, 3.8) is 0 Å². The number of benzene rings is 1. The summed E-state index contributed by atoms with van der Waals surface area (Å²) in [4.78, 5) is 14.3. The third-order valence-electron chi connectivity index (χ3n) is 5.62. The number of nitrogens with zero attached hydrogens (tertiary/aromatic N) is 6. The molecule has 2 N–H and O–H groups in total. The molecule has 5 rings (SSSR count). The summed E-state index contributed by atoms with van der Waals surface area (Å²) in [5.41, 5.74) is 2.35. The topological polar surface area (TPSA) is 116 Å². The van der Waals surface area contributed by atoms with Crippen LogP contribution in [0.2, 0.25) is 0 Å². The van der Waals surface area contributed by atoms with E-state index in [1.54, 1.807) is 25.4 Å². The molecular formula is C21H22FN7O3S2. The largest absolute Gasteiger partial charge is 0.505 e. The number of aromatic hydroxyl groups is 1. The SMILES string of the molecule is CN1CCCN(CCNc2nccc(-c3c(-c4ccc(F)c(O)c4)nc4sccn34)n2)S1(=O)=O. The maximum atomic E-state index is 13.6. The Morgan fingerprint density at radius 2 is 2.09 bits per heavy atom. The lowest BCUT2D eigenvalue weighted by atomic mass is 10.1. The normalized spacial score (nSPS) is 16.8. The number of thiazole rings is 1. The zero-order valence-electron chi connectivity index (χ0n) is 18.2. The second-order valence-corrected chi connectivity index (χ2v) is 10.7. The highest BCUT2D eigenvalue weighted by Gasteiger charge is 2.30. The van der Waals surface area contributed by atoms with Gasteiger partial charge in [0.2, 0.25) is 5.95 Å². The summed E-state index contributed by atoms with van der Waals surface area (Å²) in [6.07, 6.45) is 4.25. The van der Waals surface area contributed by atoms with Crippen LogP contribution in [0.15, 0.2) is 42.0 Å². The average molecular weight is 504 g/mol. The van der Waals surface area contributed by atoms with Gasteiger partial charge in [-0.05, 0) is 30.7 Å². The molecule has 0 spiro atoms. The number of phenolic OH excluding ortho intramolecular Hbond substituents is 1. The van der Waals surface area contributed by atoms with Crippen LogP contribution < -0.4 is 5.32 Å². The fourth-order valence-corrected chi connectivity index (χ4v) is 6.03. The van der Waals surface area contributed by atoms with E-state index in [0.717, 1.165) is 11.4 Å². The molecule has 1 aliphatic rings. The van der Waals surface area contributed by atoms with Crippen molar-refractivity contribution >= 4 is 32.5 Å². The lowest BCUT2D eigenvalue weighted by molar-refractivity contribution is 0.313. The molecule has 1 saturated heterocycles. The molecular weight excluding hydrogens is 481 g/mol. The van der Waals surface area contributed by atoms with E-state index in [0.29, 0.717) is 54.8 Å². The molecule has 13 heteroatoms. The summed E-state index contributed by atoms with van der Waals surface area (Å²) >= 11 is 1.44. The first kappa shape index (κ1) is 22.7. The van der Waals surface area contributed by atoms with Crippen LogP contribution in [0.5, 0.6) is 5.75 Å². The molecule has 1 aromatic carbocycles. The first-order chi connectivity index (χ1) is 16.3. The fraction of sp³-hybridized carbons (Fsp3) is 0.286. The average Bonchev–Trinajstić information content (AvgIpc) is 3.40. The van der Waals surface area contributed by atoms with E-state index in [1.807, 2.05) is 16.0 Å². The molecule has 0 amide bonds. The van der Waals surface area contributed by atoms with Gasteiger partial charge in [-0.3, -0.25) is 4.40 Å². The van der Waals surface area contributed by atoms with Gasteiger partial charge in [0.1, 0.15) is 5.69 Å². The third kappa shape index (κ3) is 4.11. The summed E-state index contributed by atoms with van der Waals surface area (Å²) in [7, 11) is -1.85. The Morgan fingerprint density at radius 3 is 2.91 bits per heavy atom. The van der Waals surface area contributed by atoms with Crippen LogP contribution in [0, 0.1) is 5.82 Å². The Balaban J connectivity index is 1.42. The molecule has 0 unspecified atom stereocenters. The van der Waals surface area contributed by atoms with Crippen molar-refractivity contribution in [2.45, 2.75) is 6.42 Å². The zero-order valence-corrected chi connectivity index (χ0v) is 19.9. The van der Waals surface area contributed by atoms with Gasteiger partial charge in [-0.15, -0.1) is 11.3 Å². The van der Waals surface area contributed by atoms with Gasteiger partial charge in [0, 0.05) is 56.6 Å². The number of rotatable bonds is 6. The summed E-state index contributed by atoms with van der Waals surface area (Å²) in [5.74, 6) is -0.816. The van der Waals surface area contributed by atoms with E-state index >= 15 is 0 Å². The standard InChI is InChI=1S/C21H22FN7O3S2/c1-27-8-2-9-28(34(27,31)32)10-7-24-20-23-6-5-16(25-20)19-18(26-21-29(19)11-12-33-21)14-3-4-15(22)17(30)13-14/h3-6,11-13,30H,2,7-10H2,1H3,(H,23,24,25). The first-order valence-corrected chi connectivity index (χ1v) is 12.9. The van der Waals surface area contributed by atoms with E-state index in [1.165, 1.54) is 32.1 Å². The van der Waals surface area contributed by atoms with Gasteiger partial charge in [-0.25, -0.2) is 19.3 Å². The number of halogens is 1. The summed E-state index contributed by atoms with van der Waals surface area (Å²) in [5, 5.41) is 14.9. The highest BCUT2D eigenvalue weighted by Crippen LogP contribution is 2.35. The molecule has 3 aromatic heterocycles. The maximum Gasteiger partial charge on any atom is 0.281 e. The Kier molecular flexibility index (Phi) is 5.93. The second-order valence-electron chi connectivity index (χ2n) is 7.80. The molecule has 1 aliphatic heterocycles. The summed E-state index contributed by atoms with van der Waals surface area (Å²) in [6.45, 7) is 1.64. The van der Waals surface area contributed by atoms with Crippen LogP contribution in [-0.4, -0.2) is 74.7 Å². The van der Waals surface area contributed by atoms with Gasteiger partial charge in [-0.1, -0.05) is 0 Å². The van der Waals surface area contributed by atoms with Gasteiger partial charge in [0.15, 0.2) is 16.5 Å². The molecule has 0 aliphatic carbocycles. The number of nitrogens with one attached hydrogen (secondary N) is 1.